The van der Waals surface area contributed by atoms with Crippen molar-refractivity contribution in [3.05, 3.63) is 87.2 Å². The summed E-state index contributed by atoms with van der Waals surface area (Å²) in [6.07, 6.45) is 3.74. The predicted octanol–water partition coefficient (Wildman–Crippen LogP) is 4.53. The van der Waals surface area contributed by atoms with Crippen LogP contribution in [0.2, 0.25) is 10.0 Å². The number of methoxy groups -OCH3 is 2. The number of pyridine rings is 1. The van der Waals surface area contributed by atoms with Crippen LogP contribution in [0.1, 0.15) is 33.2 Å². The number of rotatable bonds is 9. The monoisotopic (exact) mass is 491 g/mol. The second-order valence-corrected chi connectivity index (χ2v) is 7.73. The number of benzene rings is 2. The molecule has 0 bridgehead atoms. The van der Waals surface area contributed by atoms with E-state index >= 15 is 0 Å². The number of aldehydes is 1. The Morgan fingerprint density at radius 2 is 1.73 bits per heavy atom. The van der Waals surface area contributed by atoms with E-state index in [4.69, 9.17) is 37.4 Å². The van der Waals surface area contributed by atoms with Gasteiger partial charge in [0.15, 0.2) is 23.9 Å². The number of aromatic nitrogens is 1. The van der Waals surface area contributed by atoms with Crippen molar-refractivity contribution < 1.29 is 34.3 Å². The summed E-state index contributed by atoms with van der Waals surface area (Å²) in [5, 5.41) is 0.846. The zero-order valence-electron chi connectivity index (χ0n) is 18.0. The molecule has 1 aromatic heterocycles. The van der Waals surface area contributed by atoms with Crippen molar-refractivity contribution in [3.63, 3.8) is 0 Å². The molecule has 1 heterocycles. The Kier molecular flexibility index (Phi) is 9.66. The van der Waals surface area contributed by atoms with Gasteiger partial charge in [0.2, 0.25) is 0 Å². The highest BCUT2D eigenvalue weighted by atomic mass is 35.5. The van der Waals surface area contributed by atoms with E-state index in [2.05, 4.69) is 4.98 Å². The number of carbonyl (C=O) groups is 2. The van der Waals surface area contributed by atoms with Gasteiger partial charge in [0, 0.05) is 18.4 Å². The van der Waals surface area contributed by atoms with Crippen molar-refractivity contribution in [3.8, 4) is 11.5 Å². The van der Waals surface area contributed by atoms with Crippen LogP contribution in [0.3, 0.4) is 0 Å². The largest absolute Gasteiger partial charge is 0.870 e. The smallest absolute Gasteiger partial charge is 0.338 e. The van der Waals surface area contributed by atoms with Gasteiger partial charge in [0.05, 0.1) is 19.8 Å². The maximum absolute atomic E-state index is 13.0. The van der Waals surface area contributed by atoms with E-state index in [9.17, 15) is 9.59 Å². The molecular formula is C24H23Cl2NO6. The van der Waals surface area contributed by atoms with Crippen molar-refractivity contribution in [1.29, 1.82) is 0 Å². The Morgan fingerprint density at radius 1 is 1.03 bits per heavy atom. The summed E-state index contributed by atoms with van der Waals surface area (Å²) in [4.78, 5) is 26.7. The van der Waals surface area contributed by atoms with Gasteiger partial charge in [0.25, 0.3) is 0 Å². The standard InChI is InChI=1S/C24H21Cl2NO5.H2O/c1-30-21-7-6-16(11-23(21)31-2)22(12-18-19(25)13-27-14-20(18)26)32-24(29)17-5-3-4-15(10-17)8-9-28;/h3-7,9-11,13-14,22H,8,12H2,1-2H3;1H2/t22-;/m0./s1. The molecule has 0 fully saturated rings. The molecule has 2 N–H and O–H groups in total. The van der Waals surface area contributed by atoms with Crippen LogP contribution in [0, 0.1) is 0 Å². The zero-order valence-corrected chi connectivity index (χ0v) is 19.5. The number of esters is 1. The highest BCUT2D eigenvalue weighted by molar-refractivity contribution is 6.35. The van der Waals surface area contributed by atoms with Gasteiger partial charge in [-0.25, -0.2) is 9.78 Å². The Bertz CT molecular complexity index is 1100. The van der Waals surface area contributed by atoms with E-state index in [1.807, 2.05) is 0 Å². The minimum absolute atomic E-state index is 0. The molecule has 3 rings (SSSR count). The molecule has 1 atom stereocenters. The molecule has 0 aliphatic heterocycles. The number of H-pyrrole nitrogens is 1. The van der Waals surface area contributed by atoms with E-state index < -0.39 is 12.1 Å². The molecule has 0 aliphatic carbocycles. The fraction of sp³-hybridized carbons (Fsp3) is 0.208. The summed E-state index contributed by atoms with van der Waals surface area (Å²) in [7, 11) is 3.07. The normalized spacial score (nSPS) is 11.2. The van der Waals surface area contributed by atoms with E-state index in [-0.39, 0.29) is 18.3 Å². The third-order valence-electron chi connectivity index (χ3n) is 4.90. The fourth-order valence-corrected chi connectivity index (χ4v) is 3.79. The number of carbonyl (C=O) groups excluding carboxylic acids is 2. The Labute approximate surface area is 201 Å². The topological polar surface area (TPSA) is 106 Å². The number of hydrogen-bond donors (Lipinski definition) is 0. The molecule has 0 saturated heterocycles. The van der Waals surface area contributed by atoms with E-state index in [1.54, 1.807) is 62.0 Å². The van der Waals surface area contributed by atoms with Gasteiger partial charge in [-0.05, 0) is 35.4 Å². The zero-order chi connectivity index (χ0) is 23.1. The number of halogens is 2. The lowest BCUT2D eigenvalue weighted by atomic mass is 10.0. The minimum atomic E-state index is -0.713. The van der Waals surface area contributed by atoms with Crippen molar-refractivity contribution in [1.82, 2.24) is 0 Å². The highest BCUT2D eigenvalue weighted by Crippen LogP contribution is 2.35. The molecular weight excluding hydrogens is 469 g/mol. The first-order valence-electron chi connectivity index (χ1n) is 9.76. The summed E-state index contributed by atoms with van der Waals surface area (Å²) >= 11 is 12.7. The molecule has 7 nitrogen and oxygen atoms in total. The first-order valence-corrected chi connectivity index (χ1v) is 10.5. The minimum Gasteiger partial charge on any atom is -0.870 e. The summed E-state index contributed by atoms with van der Waals surface area (Å²) in [5.41, 5.74) is 2.38. The summed E-state index contributed by atoms with van der Waals surface area (Å²) in [5.74, 6) is 0.512. The molecule has 174 valence electrons. The second kappa shape index (κ2) is 12.2. The second-order valence-electron chi connectivity index (χ2n) is 6.91. The third kappa shape index (κ3) is 6.44. The summed E-state index contributed by atoms with van der Waals surface area (Å²) in [6, 6.07) is 12.0. The van der Waals surface area contributed by atoms with Gasteiger partial charge in [-0.15, -0.1) is 0 Å². The maximum Gasteiger partial charge on any atom is 0.338 e. The molecule has 0 radical (unpaired) electrons. The number of hydrogen-bond acceptors (Lipinski definition) is 6. The lowest BCUT2D eigenvalue weighted by Crippen LogP contribution is -2.16. The van der Waals surface area contributed by atoms with Gasteiger partial charge in [-0.3, -0.25) is 0 Å². The summed E-state index contributed by atoms with van der Waals surface area (Å²) in [6.45, 7) is 0. The molecule has 0 unspecified atom stereocenters. The van der Waals surface area contributed by atoms with Gasteiger partial charge in [-0.2, -0.15) is 0 Å². The van der Waals surface area contributed by atoms with E-state index in [0.29, 0.717) is 38.2 Å². The van der Waals surface area contributed by atoms with Crippen LogP contribution in [0.25, 0.3) is 0 Å². The van der Waals surface area contributed by atoms with Crippen LogP contribution in [0.15, 0.2) is 54.9 Å². The van der Waals surface area contributed by atoms with E-state index in [1.165, 1.54) is 7.11 Å². The molecule has 0 saturated carbocycles. The predicted molar refractivity (Wildman–Crippen MR) is 123 cm³/mol. The molecule has 9 heteroatoms. The maximum atomic E-state index is 13.0. The average Bonchev–Trinajstić information content (AvgIpc) is 2.80. The van der Waals surface area contributed by atoms with Crippen molar-refractivity contribution in [2.45, 2.75) is 18.9 Å². The summed E-state index contributed by atoms with van der Waals surface area (Å²) < 4.78 is 16.6. The quantitative estimate of drug-likeness (QED) is 0.321. The van der Waals surface area contributed by atoms with Crippen LogP contribution in [-0.2, 0) is 22.4 Å². The van der Waals surface area contributed by atoms with Crippen LogP contribution in [-0.4, -0.2) is 32.0 Å². The first-order chi connectivity index (χ1) is 15.5. The van der Waals surface area contributed by atoms with Crippen molar-refractivity contribution in [2.24, 2.45) is 0 Å². The van der Waals surface area contributed by atoms with Crippen LogP contribution < -0.4 is 14.5 Å². The van der Waals surface area contributed by atoms with Crippen LogP contribution >= 0.6 is 23.2 Å². The Hall–Kier alpha value is -3.13. The first kappa shape index (κ1) is 26.1. The third-order valence-corrected chi connectivity index (χ3v) is 5.57. The molecule has 0 aliphatic rings. The van der Waals surface area contributed by atoms with Gasteiger partial charge >= 0.3 is 5.97 Å². The average molecular weight is 492 g/mol. The van der Waals surface area contributed by atoms with Crippen molar-refractivity contribution in [2.75, 3.05) is 14.2 Å². The van der Waals surface area contributed by atoms with Crippen LogP contribution in [0.4, 0.5) is 0 Å². The van der Waals surface area contributed by atoms with Crippen LogP contribution in [0.5, 0.6) is 11.5 Å². The Morgan fingerprint density at radius 3 is 2.36 bits per heavy atom. The fourth-order valence-electron chi connectivity index (χ4n) is 3.26. The van der Waals surface area contributed by atoms with Crippen molar-refractivity contribution >= 4 is 35.5 Å². The lowest BCUT2D eigenvalue weighted by Gasteiger charge is -2.20. The molecule has 33 heavy (non-hydrogen) atoms. The molecule has 2 aromatic carbocycles. The number of nitrogens with one attached hydrogen (secondary N) is 1. The van der Waals surface area contributed by atoms with Gasteiger partial charge in [-0.1, -0.05) is 41.4 Å². The number of aromatic amines is 1. The van der Waals surface area contributed by atoms with Gasteiger partial charge in [0.1, 0.15) is 22.4 Å². The number of ether oxygens (including phenoxy) is 3. The molecule has 0 amide bonds. The SMILES string of the molecule is COc1ccc([C@H](Cc2c(Cl)c[nH+]cc2Cl)OC(=O)c2cccc(CC=O)c2)cc1OC.[OH-]. The molecule has 0 spiro atoms. The highest BCUT2D eigenvalue weighted by Gasteiger charge is 2.24. The van der Waals surface area contributed by atoms with Gasteiger partial charge < -0.3 is 24.5 Å². The lowest BCUT2D eigenvalue weighted by molar-refractivity contribution is -0.377. The molecule has 3 aromatic rings. The van der Waals surface area contributed by atoms with E-state index in [0.717, 1.165) is 11.8 Å². The Balaban J connectivity index is 0.00000385.